The highest BCUT2D eigenvalue weighted by Crippen LogP contribution is 2.68. The molecule has 4 saturated carbocycles. The van der Waals surface area contributed by atoms with Crippen molar-refractivity contribution in [3.63, 3.8) is 0 Å². The molecule has 8 rings (SSSR count). The number of fused-ring (bicyclic) bond motifs is 6. The fourth-order valence-electron chi connectivity index (χ4n) is 17.6. The van der Waals surface area contributed by atoms with Gasteiger partial charge in [0.1, 0.15) is 23.7 Å². The molecule has 5 aliphatic rings. The lowest BCUT2D eigenvalue weighted by Gasteiger charge is -2.61. The van der Waals surface area contributed by atoms with E-state index in [4.69, 9.17) is 53.7 Å². The summed E-state index contributed by atoms with van der Waals surface area (Å²) in [6.45, 7) is 27.6. The predicted octanol–water partition coefficient (Wildman–Crippen LogP) is 8.70. The zero-order valence-electron chi connectivity index (χ0n) is 66.3. The predicted molar refractivity (Wildman–Crippen MR) is 405 cm³/mol. The zero-order valence-corrected chi connectivity index (χ0v) is 66.3. The van der Waals surface area contributed by atoms with Crippen LogP contribution in [-0.4, -0.2) is 221 Å². The van der Waals surface area contributed by atoms with Gasteiger partial charge in [-0.3, -0.25) is 38.4 Å². The topological polar surface area (TPSA) is 321 Å². The molecule has 1 saturated heterocycles. The number of hydrogen-bond acceptors (Lipinski definition) is 18. The molecule has 0 radical (unpaired) electrons. The van der Waals surface area contributed by atoms with Gasteiger partial charge >= 0.3 is 5.97 Å². The molecule has 5 fully saturated rings. The number of esters is 1. The van der Waals surface area contributed by atoms with Crippen molar-refractivity contribution in [2.75, 3.05) is 132 Å². The summed E-state index contributed by atoms with van der Waals surface area (Å²) in [5.41, 5.74) is 8.29. The summed E-state index contributed by atoms with van der Waals surface area (Å²) in [5.74, 6) is 1.98. The van der Waals surface area contributed by atoms with Crippen molar-refractivity contribution in [3.05, 3.63) is 53.6 Å². The van der Waals surface area contributed by atoms with E-state index in [0.29, 0.717) is 75.3 Å². The number of piperazine rings is 1. The van der Waals surface area contributed by atoms with Crippen LogP contribution in [-0.2, 0) is 76.9 Å². The minimum atomic E-state index is -1.18. The summed E-state index contributed by atoms with van der Waals surface area (Å²) in [6.07, 6.45) is 16.0. The number of benzene rings is 1. The molecule has 27 heteroatoms. The molecule has 4 aliphatic carbocycles. The van der Waals surface area contributed by atoms with Crippen LogP contribution in [0.15, 0.2) is 36.5 Å². The van der Waals surface area contributed by atoms with Gasteiger partial charge in [-0.05, 0) is 160 Å². The van der Waals surface area contributed by atoms with E-state index in [9.17, 15) is 42.7 Å². The van der Waals surface area contributed by atoms with E-state index < -0.39 is 29.4 Å². The number of nitrogens with zero attached hydrogens (tertiary/aromatic N) is 5. The number of hydrogen-bond donors (Lipinski definition) is 5. The van der Waals surface area contributed by atoms with Crippen molar-refractivity contribution in [2.24, 2.45) is 58.0 Å². The van der Waals surface area contributed by atoms with E-state index >= 15 is 0 Å². The molecule has 6 N–H and O–H groups in total. The lowest BCUT2D eigenvalue weighted by molar-refractivity contribution is -0.163. The van der Waals surface area contributed by atoms with E-state index in [2.05, 4.69) is 76.7 Å². The van der Waals surface area contributed by atoms with Gasteiger partial charge in [0.05, 0.1) is 116 Å². The van der Waals surface area contributed by atoms with Gasteiger partial charge in [0.2, 0.25) is 35.4 Å². The van der Waals surface area contributed by atoms with Crippen LogP contribution in [0.25, 0.3) is 16.9 Å². The number of nitrogens with one attached hydrogen (secondary N) is 4. The fraction of sp³-hybridized carbons (Fsp3) is 0.753. The van der Waals surface area contributed by atoms with Crippen LogP contribution < -0.4 is 27.0 Å². The molecule has 10 atom stereocenters. The Morgan fingerprint density at radius 3 is 1.74 bits per heavy atom. The monoisotopic (exact) mass is 1510 g/mol. The Morgan fingerprint density at radius 2 is 1.18 bits per heavy atom. The second kappa shape index (κ2) is 42.0. The van der Waals surface area contributed by atoms with E-state index in [1.807, 2.05) is 19.9 Å². The molecule has 5 unspecified atom stereocenters. The maximum absolute atomic E-state index is 14.0. The number of rotatable bonds is 45. The van der Waals surface area contributed by atoms with Crippen molar-refractivity contribution >= 4 is 53.0 Å². The first kappa shape index (κ1) is 86.8. The number of amides is 7. The number of nitrogens with two attached hydrogens (primary N) is 1. The quantitative estimate of drug-likeness (QED) is 0.0261. The van der Waals surface area contributed by atoms with E-state index in [1.165, 1.54) is 69.9 Å². The van der Waals surface area contributed by atoms with Crippen LogP contribution >= 0.6 is 0 Å². The first-order valence-corrected chi connectivity index (χ1v) is 39.9. The summed E-state index contributed by atoms with van der Waals surface area (Å²) in [7, 11) is 0. The number of imidazole rings is 1. The van der Waals surface area contributed by atoms with Crippen LogP contribution in [0.1, 0.15) is 201 Å². The average molecular weight is 1520 g/mol. The van der Waals surface area contributed by atoms with Gasteiger partial charge in [-0.1, -0.05) is 74.7 Å². The molecular formula is C81H127FN10O16. The van der Waals surface area contributed by atoms with Gasteiger partial charge in [0.15, 0.2) is 5.65 Å². The normalized spacial score (nSPS) is 23.1. The summed E-state index contributed by atoms with van der Waals surface area (Å²) in [4.78, 5) is 111. The van der Waals surface area contributed by atoms with E-state index in [0.717, 1.165) is 65.9 Å². The Bertz CT molecular complexity index is 3400. The summed E-state index contributed by atoms with van der Waals surface area (Å²) in [5, 5.41) is 15.6. The Kier molecular flexibility index (Phi) is 33.8. The number of carbonyl (C=O) groups excluding carboxylic acids is 8. The molecule has 2 aromatic heterocycles. The number of ether oxygens (including phenoxy) is 8. The number of primary amides is 1. The second-order valence-electron chi connectivity index (χ2n) is 33.1. The summed E-state index contributed by atoms with van der Waals surface area (Å²) < 4.78 is 60.0. The molecule has 604 valence electrons. The highest BCUT2D eigenvalue weighted by atomic mass is 19.1. The molecule has 3 heterocycles. The van der Waals surface area contributed by atoms with Gasteiger partial charge in [-0.2, -0.15) is 5.10 Å². The molecule has 7 amide bonds. The highest BCUT2D eigenvalue weighted by Gasteiger charge is 2.61. The lowest BCUT2D eigenvalue weighted by Crippen LogP contribution is -2.62. The zero-order chi connectivity index (χ0) is 78.0. The molecule has 108 heavy (non-hydrogen) atoms. The summed E-state index contributed by atoms with van der Waals surface area (Å²) in [6, 6.07) is 6.84. The molecular weight excluding hydrogens is 1390 g/mol. The van der Waals surface area contributed by atoms with Gasteiger partial charge < -0.3 is 74.7 Å². The standard InChI is InChI=1S/C81H127FN10O16/c1-55(2)12-11-13-56(3)62-20-21-63-61-19-16-58-50-60(24-29-80(58,9)64(61)25-30-81(62,63)10)108-74(98)52-67(75(83)99)87-72(96)28-38-103-43-46-105-40-32-85-71(95)27-37-102-44-48-107-49-47-106-41-33-86-70(94)26-36-101-42-45-104-39-31-84-69(93)22-23-73(97)90-34-35-91(79(7,8)54-90)77(100)68-53-92-76(88-68)65(78(4,5)6)51-66(89-92)57-14-17-59(82)18-15-57/h14-15,17-18,51,53,55-56,58,60-64,67H,11-13,16,19-50,52,54H2,1-10H3,(H2,83,99)(H,84,93)(H,85,95)(H,86,94)(H,87,96)/t56?,58?,60-,61?,62+,63?,64?,67-,80-,81+/m0/s1. The molecule has 26 nitrogen and oxygen atoms in total. The van der Waals surface area contributed by atoms with Gasteiger partial charge in [-0.25, -0.2) is 13.9 Å². The number of halogens is 1. The van der Waals surface area contributed by atoms with Crippen LogP contribution in [0, 0.1) is 58.1 Å². The van der Waals surface area contributed by atoms with Crippen molar-refractivity contribution in [2.45, 2.75) is 208 Å². The minimum Gasteiger partial charge on any atom is -0.462 e. The van der Waals surface area contributed by atoms with Crippen molar-refractivity contribution in [1.29, 1.82) is 0 Å². The maximum Gasteiger partial charge on any atom is 0.308 e. The van der Waals surface area contributed by atoms with Gasteiger partial charge in [0.25, 0.3) is 5.91 Å². The van der Waals surface area contributed by atoms with Gasteiger partial charge in [0, 0.05) is 82.5 Å². The first-order valence-electron chi connectivity index (χ1n) is 39.9. The smallest absolute Gasteiger partial charge is 0.308 e. The molecule has 0 spiro atoms. The number of aromatic nitrogens is 3. The molecule has 0 bridgehead atoms. The van der Waals surface area contributed by atoms with Crippen LogP contribution in [0.3, 0.4) is 0 Å². The molecule has 1 aliphatic heterocycles. The third-order valence-electron chi connectivity index (χ3n) is 23.4. The highest BCUT2D eigenvalue weighted by molar-refractivity contribution is 5.94. The third-order valence-corrected chi connectivity index (χ3v) is 23.4. The van der Waals surface area contributed by atoms with Crippen LogP contribution in [0.2, 0.25) is 0 Å². The van der Waals surface area contributed by atoms with Gasteiger partial charge in [-0.15, -0.1) is 0 Å². The Morgan fingerprint density at radius 1 is 0.630 bits per heavy atom. The van der Waals surface area contributed by atoms with Crippen molar-refractivity contribution in [1.82, 2.24) is 45.7 Å². The minimum absolute atomic E-state index is 0.00243. The molecule has 3 aromatic rings. The van der Waals surface area contributed by atoms with Crippen molar-refractivity contribution in [3.8, 4) is 11.3 Å². The van der Waals surface area contributed by atoms with E-state index in [1.54, 1.807) is 32.6 Å². The third kappa shape index (κ3) is 25.7. The summed E-state index contributed by atoms with van der Waals surface area (Å²) >= 11 is 0. The Labute approximate surface area is 639 Å². The first-order chi connectivity index (χ1) is 51.6. The van der Waals surface area contributed by atoms with Crippen LogP contribution in [0.5, 0.6) is 0 Å². The average Bonchev–Trinajstić information content (AvgIpc) is 1.39. The largest absolute Gasteiger partial charge is 0.462 e. The van der Waals surface area contributed by atoms with Crippen LogP contribution in [0.4, 0.5) is 4.39 Å². The maximum atomic E-state index is 14.0. The Balaban J connectivity index is 0.541. The lowest BCUT2D eigenvalue weighted by atomic mass is 9.44. The SMILES string of the molecule is CC(C)CCCC(C)[C@H]1CCC2C3CCC4C[C@@H](OC(=O)C[C@H](NC(=O)CCOCCOCCNC(=O)CCOCCOCCOCCNC(=O)CCOCCOCCNC(=O)CCC(=O)N5CCN(C(=O)c6cn7nc(-c8ccc(F)cc8)cc(C(C)(C)C)c7n6)C(C)(C)C5)C(N)=O)CC[C@]4(C)C3CC[C@@]21C. The van der Waals surface area contributed by atoms with Crippen molar-refractivity contribution < 1.29 is 80.6 Å². The van der Waals surface area contributed by atoms with E-state index in [-0.39, 0.29) is 176 Å². The molecule has 1 aromatic carbocycles. The fourth-order valence-corrected chi connectivity index (χ4v) is 17.6. The Hall–Kier alpha value is -6.75. The second-order valence-corrected chi connectivity index (χ2v) is 33.1. The number of carbonyl (C=O) groups is 8.